The summed E-state index contributed by atoms with van der Waals surface area (Å²) in [5, 5.41) is 3.69. The van der Waals surface area contributed by atoms with Gasteiger partial charge < -0.3 is 19.9 Å². The van der Waals surface area contributed by atoms with Gasteiger partial charge in [-0.1, -0.05) is 12.1 Å². The number of esters is 1. The summed E-state index contributed by atoms with van der Waals surface area (Å²) in [6, 6.07) is 5.62. The molecule has 0 saturated heterocycles. The molecule has 1 aromatic carbocycles. The van der Waals surface area contributed by atoms with Crippen LogP contribution in [0.15, 0.2) is 35.5 Å². The van der Waals surface area contributed by atoms with Crippen LogP contribution in [0.5, 0.6) is 0 Å². The number of methoxy groups -OCH3 is 1. The number of carbonyl (C=O) groups excluding carboxylic acids is 1. The van der Waals surface area contributed by atoms with Crippen LogP contribution in [-0.4, -0.2) is 55.2 Å². The molecule has 0 unspecified atom stereocenters. The predicted molar refractivity (Wildman–Crippen MR) is 99.5 cm³/mol. The Balaban J connectivity index is 2.37. The highest BCUT2D eigenvalue weighted by molar-refractivity contribution is 7.80. The maximum atomic E-state index is 13.6. The number of thiocarbonyl (C=S) groups is 1. The molecular weight excluding hydrogens is 341 g/mol. The third-order valence-corrected chi connectivity index (χ3v) is 4.51. The monoisotopic (exact) mass is 365 g/mol. The van der Waals surface area contributed by atoms with Gasteiger partial charge >= 0.3 is 5.97 Å². The zero-order valence-corrected chi connectivity index (χ0v) is 15.8. The summed E-state index contributed by atoms with van der Waals surface area (Å²) >= 11 is 5.49. The van der Waals surface area contributed by atoms with Crippen LogP contribution in [0.1, 0.15) is 24.9 Å². The van der Waals surface area contributed by atoms with Crippen molar-refractivity contribution >= 4 is 23.3 Å². The van der Waals surface area contributed by atoms with Crippen LogP contribution in [0.2, 0.25) is 0 Å². The zero-order chi connectivity index (χ0) is 18.6. The Morgan fingerprint density at radius 2 is 2.16 bits per heavy atom. The highest BCUT2D eigenvalue weighted by atomic mass is 32.1. The van der Waals surface area contributed by atoms with Crippen LogP contribution in [0.3, 0.4) is 0 Å². The molecule has 1 aliphatic rings. The minimum Gasteiger partial charge on any atom is -0.466 e. The van der Waals surface area contributed by atoms with E-state index in [2.05, 4.69) is 10.2 Å². The van der Waals surface area contributed by atoms with Crippen LogP contribution in [-0.2, 0) is 9.53 Å². The normalized spacial score (nSPS) is 17.8. The first-order valence-electron chi connectivity index (χ1n) is 8.12. The Morgan fingerprint density at radius 3 is 2.76 bits per heavy atom. The van der Waals surface area contributed by atoms with Gasteiger partial charge in [-0.15, -0.1) is 0 Å². The summed E-state index contributed by atoms with van der Waals surface area (Å²) in [6.07, 6.45) is 0.894. The van der Waals surface area contributed by atoms with E-state index in [1.54, 1.807) is 12.1 Å². The van der Waals surface area contributed by atoms with Crippen molar-refractivity contribution in [3.05, 3.63) is 46.9 Å². The zero-order valence-electron chi connectivity index (χ0n) is 15.0. The van der Waals surface area contributed by atoms with Gasteiger partial charge in [-0.25, -0.2) is 9.18 Å². The van der Waals surface area contributed by atoms with E-state index in [4.69, 9.17) is 17.0 Å². The highest BCUT2D eigenvalue weighted by Crippen LogP contribution is 2.31. The molecule has 0 spiro atoms. The molecule has 25 heavy (non-hydrogen) atoms. The fourth-order valence-electron chi connectivity index (χ4n) is 2.91. The van der Waals surface area contributed by atoms with Gasteiger partial charge in [-0.05, 0) is 63.9 Å². The Kier molecular flexibility index (Phi) is 6.50. The van der Waals surface area contributed by atoms with Crippen molar-refractivity contribution in [2.24, 2.45) is 0 Å². The first-order chi connectivity index (χ1) is 11.8. The van der Waals surface area contributed by atoms with Gasteiger partial charge in [-0.2, -0.15) is 0 Å². The lowest BCUT2D eigenvalue weighted by Crippen LogP contribution is -2.48. The molecule has 136 valence electrons. The van der Waals surface area contributed by atoms with Crippen molar-refractivity contribution in [2.75, 3.05) is 34.3 Å². The number of halogens is 1. The lowest BCUT2D eigenvalue weighted by molar-refractivity contribution is -0.136. The quantitative estimate of drug-likeness (QED) is 0.617. The van der Waals surface area contributed by atoms with E-state index >= 15 is 0 Å². The third-order valence-electron chi connectivity index (χ3n) is 4.17. The van der Waals surface area contributed by atoms with E-state index in [1.165, 1.54) is 19.2 Å². The highest BCUT2D eigenvalue weighted by Gasteiger charge is 2.34. The molecule has 1 N–H and O–H groups in total. The molecule has 0 fully saturated rings. The summed E-state index contributed by atoms with van der Waals surface area (Å²) in [6.45, 7) is 3.45. The van der Waals surface area contributed by atoms with Crippen LogP contribution < -0.4 is 5.32 Å². The summed E-state index contributed by atoms with van der Waals surface area (Å²) in [4.78, 5) is 16.4. The van der Waals surface area contributed by atoms with Crippen molar-refractivity contribution in [2.45, 2.75) is 19.4 Å². The minimum atomic E-state index is -0.527. The molecular formula is C18H24FN3O2S. The van der Waals surface area contributed by atoms with Crippen LogP contribution in [0, 0.1) is 5.82 Å². The standard InChI is InChI=1S/C18H24FN3O2S/c1-12-15(17(23)24-4)16(13-7-5-8-14(19)11-13)20-18(25)22(12)10-6-9-21(2)3/h5,7-8,11,16H,6,9-10H2,1-4H3,(H,20,25)/t16-/m0/s1. The first kappa shape index (κ1) is 19.3. The molecule has 0 saturated carbocycles. The molecule has 0 radical (unpaired) electrons. The molecule has 1 atom stereocenters. The van der Waals surface area contributed by atoms with Crippen molar-refractivity contribution < 1.29 is 13.9 Å². The third kappa shape index (κ3) is 4.55. The SMILES string of the molecule is COC(=O)C1=C(C)N(CCCN(C)C)C(=S)N[C@H]1c1cccc(F)c1. The number of allylic oxidation sites excluding steroid dienone is 1. The van der Waals surface area contributed by atoms with E-state index in [0.717, 1.165) is 18.7 Å². The number of hydrogen-bond acceptors (Lipinski definition) is 4. The Morgan fingerprint density at radius 1 is 1.44 bits per heavy atom. The van der Waals surface area contributed by atoms with Crippen molar-refractivity contribution in [1.29, 1.82) is 0 Å². The van der Waals surface area contributed by atoms with Crippen LogP contribution >= 0.6 is 12.2 Å². The van der Waals surface area contributed by atoms with Crippen molar-refractivity contribution in [1.82, 2.24) is 15.1 Å². The Labute approximate surface area is 153 Å². The molecule has 0 aliphatic carbocycles. The van der Waals surface area contributed by atoms with Crippen LogP contribution in [0.4, 0.5) is 4.39 Å². The van der Waals surface area contributed by atoms with Gasteiger partial charge in [0.2, 0.25) is 0 Å². The molecule has 0 aromatic heterocycles. The second-order valence-corrected chi connectivity index (χ2v) is 6.62. The lowest BCUT2D eigenvalue weighted by Gasteiger charge is -2.37. The van der Waals surface area contributed by atoms with E-state index in [-0.39, 0.29) is 5.82 Å². The molecule has 1 aromatic rings. The van der Waals surface area contributed by atoms with Gasteiger partial charge in [0, 0.05) is 12.2 Å². The molecule has 2 rings (SSSR count). The molecule has 7 heteroatoms. The number of benzene rings is 1. The Bertz CT molecular complexity index is 691. The summed E-state index contributed by atoms with van der Waals surface area (Å²) in [5.74, 6) is -0.806. The number of ether oxygens (including phenoxy) is 1. The Hall–Kier alpha value is -1.99. The molecule has 1 aliphatic heterocycles. The molecule has 1 heterocycles. The number of rotatable bonds is 6. The molecule has 0 bridgehead atoms. The second-order valence-electron chi connectivity index (χ2n) is 6.24. The van der Waals surface area contributed by atoms with Crippen molar-refractivity contribution in [3.8, 4) is 0 Å². The number of nitrogens with one attached hydrogen (secondary N) is 1. The maximum absolute atomic E-state index is 13.6. The van der Waals surface area contributed by atoms with Gasteiger partial charge in [0.25, 0.3) is 0 Å². The van der Waals surface area contributed by atoms with Gasteiger partial charge in [0.15, 0.2) is 5.11 Å². The van der Waals surface area contributed by atoms with E-state index in [0.29, 0.717) is 22.8 Å². The van der Waals surface area contributed by atoms with E-state index in [1.807, 2.05) is 25.9 Å². The molecule has 0 amide bonds. The van der Waals surface area contributed by atoms with Gasteiger partial charge in [0.1, 0.15) is 5.82 Å². The van der Waals surface area contributed by atoms with E-state index in [9.17, 15) is 9.18 Å². The smallest absolute Gasteiger partial charge is 0.337 e. The summed E-state index contributed by atoms with van der Waals surface area (Å²) < 4.78 is 18.6. The van der Waals surface area contributed by atoms with Crippen molar-refractivity contribution in [3.63, 3.8) is 0 Å². The first-order valence-corrected chi connectivity index (χ1v) is 8.53. The maximum Gasteiger partial charge on any atom is 0.337 e. The summed E-state index contributed by atoms with van der Waals surface area (Å²) in [5.41, 5.74) is 1.82. The largest absolute Gasteiger partial charge is 0.466 e. The van der Waals surface area contributed by atoms with Crippen LogP contribution in [0.25, 0.3) is 0 Å². The minimum absolute atomic E-state index is 0.361. The lowest BCUT2D eigenvalue weighted by atomic mass is 9.95. The number of hydrogen-bond donors (Lipinski definition) is 1. The fraction of sp³-hybridized carbons (Fsp3) is 0.444. The number of carbonyl (C=O) groups is 1. The fourth-order valence-corrected chi connectivity index (χ4v) is 3.25. The summed E-state index contributed by atoms with van der Waals surface area (Å²) in [7, 11) is 5.36. The number of nitrogens with zero attached hydrogens (tertiary/aromatic N) is 2. The average Bonchev–Trinajstić information content (AvgIpc) is 2.56. The predicted octanol–water partition coefficient (Wildman–Crippen LogP) is 2.46. The molecule has 5 nitrogen and oxygen atoms in total. The average molecular weight is 365 g/mol. The van der Waals surface area contributed by atoms with Gasteiger partial charge in [-0.3, -0.25) is 0 Å². The topological polar surface area (TPSA) is 44.8 Å². The van der Waals surface area contributed by atoms with E-state index < -0.39 is 12.0 Å². The van der Waals surface area contributed by atoms with Gasteiger partial charge in [0.05, 0.1) is 18.7 Å². The second kappa shape index (κ2) is 8.40.